The maximum absolute atomic E-state index is 13.2. The molecule has 3 rings (SSSR count). The summed E-state index contributed by atoms with van der Waals surface area (Å²) in [6.07, 6.45) is 0. The van der Waals surface area contributed by atoms with E-state index in [0.717, 1.165) is 16.0 Å². The van der Waals surface area contributed by atoms with Gasteiger partial charge in [-0.05, 0) is 29.3 Å². The first-order chi connectivity index (χ1) is 14.5. The zero-order valence-electron chi connectivity index (χ0n) is 16.8. The van der Waals surface area contributed by atoms with E-state index in [1.165, 1.54) is 18.2 Å². The first-order valence-corrected chi connectivity index (χ1v) is 9.77. The maximum Gasteiger partial charge on any atom is 0.279 e. The smallest absolute Gasteiger partial charge is 0.279 e. The predicted molar refractivity (Wildman–Crippen MR) is 115 cm³/mol. The van der Waals surface area contributed by atoms with Gasteiger partial charge in [0.15, 0.2) is 13.1 Å². The Labute approximate surface area is 175 Å². The first-order valence-electron chi connectivity index (χ1n) is 9.77. The third-order valence-electron chi connectivity index (χ3n) is 4.60. The van der Waals surface area contributed by atoms with Gasteiger partial charge in [-0.1, -0.05) is 66.7 Å². The van der Waals surface area contributed by atoms with Crippen LogP contribution >= 0.6 is 0 Å². The molecule has 5 nitrogen and oxygen atoms in total. The lowest BCUT2D eigenvalue weighted by atomic mass is 9.99. The number of nitrogens with one attached hydrogen (secondary N) is 3. The van der Waals surface area contributed by atoms with Crippen LogP contribution < -0.4 is 15.5 Å². The van der Waals surface area contributed by atoms with E-state index in [1.54, 1.807) is 13.1 Å². The average Bonchev–Trinajstić information content (AvgIpc) is 2.73. The van der Waals surface area contributed by atoms with Crippen LogP contribution in [0.25, 0.3) is 0 Å². The molecule has 0 bridgehead atoms. The van der Waals surface area contributed by atoms with Crippen molar-refractivity contribution in [2.24, 2.45) is 0 Å². The van der Waals surface area contributed by atoms with Crippen LogP contribution in [0, 0.1) is 5.82 Å². The molecule has 0 fully saturated rings. The van der Waals surface area contributed by atoms with Gasteiger partial charge in [0.1, 0.15) is 5.82 Å². The SMILES string of the molecule is C[NH+](CC(=O)Nc1cccc(F)c1)CC(=O)NC(c1ccccc1)c1ccccc1. The van der Waals surface area contributed by atoms with Gasteiger partial charge in [-0.3, -0.25) is 9.59 Å². The van der Waals surface area contributed by atoms with E-state index < -0.39 is 5.82 Å². The fraction of sp³-hybridized carbons (Fsp3) is 0.167. The Balaban J connectivity index is 1.59. The first kappa shape index (κ1) is 21.2. The summed E-state index contributed by atoms with van der Waals surface area (Å²) in [5, 5.41) is 5.72. The lowest BCUT2D eigenvalue weighted by Gasteiger charge is -2.21. The van der Waals surface area contributed by atoms with Gasteiger partial charge >= 0.3 is 0 Å². The highest BCUT2D eigenvalue weighted by atomic mass is 19.1. The Morgan fingerprint density at radius 1 is 0.833 bits per heavy atom. The average molecular weight is 406 g/mol. The van der Waals surface area contributed by atoms with Crippen molar-refractivity contribution >= 4 is 17.5 Å². The summed E-state index contributed by atoms with van der Waals surface area (Å²) in [7, 11) is 1.77. The molecule has 0 aliphatic rings. The molecule has 0 aromatic heterocycles. The quantitative estimate of drug-likeness (QED) is 0.537. The van der Waals surface area contributed by atoms with Gasteiger partial charge in [0.05, 0.1) is 13.1 Å². The molecule has 3 aromatic carbocycles. The zero-order valence-corrected chi connectivity index (χ0v) is 16.8. The highest BCUT2D eigenvalue weighted by Crippen LogP contribution is 2.21. The van der Waals surface area contributed by atoms with Crippen LogP contribution in [0.1, 0.15) is 17.2 Å². The van der Waals surface area contributed by atoms with Crippen LogP contribution in [0.15, 0.2) is 84.9 Å². The molecule has 3 N–H and O–H groups in total. The minimum absolute atomic E-state index is 0.0886. The fourth-order valence-corrected chi connectivity index (χ4v) is 3.24. The lowest BCUT2D eigenvalue weighted by Crippen LogP contribution is -3.11. The van der Waals surface area contributed by atoms with E-state index in [-0.39, 0.29) is 30.9 Å². The molecular formula is C24H25FN3O2+. The van der Waals surface area contributed by atoms with Crippen molar-refractivity contribution in [1.82, 2.24) is 5.32 Å². The summed E-state index contributed by atoms with van der Waals surface area (Å²) in [5.41, 5.74) is 2.36. The molecule has 1 unspecified atom stereocenters. The number of benzene rings is 3. The van der Waals surface area contributed by atoms with E-state index in [0.29, 0.717) is 5.69 Å². The molecule has 154 valence electrons. The number of amides is 2. The van der Waals surface area contributed by atoms with E-state index in [9.17, 15) is 14.0 Å². The summed E-state index contributed by atoms with van der Waals surface area (Å²) >= 11 is 0. The molecule has 3 aromatic rings. The minimum Gasteiger partial charge on any atom is -0.340 e. The Bertz CT molecular complexity index is 941. The number of anilines is 1. The van der Waals surface area contributed by atoms with Crippen molar-refractivity contribution in [3.8, 4) is 0 Å². The number of quaternary nitrogens is 1. The zero-order chi connectivity index (χ0) is 21.3. The third kappa shape index (κ3) is 6.25. The van der Waals surface area contributed by atoms with Crippen LogP contribution in [0.5, 0.6) is 0 Å². The summed E-state index contributed by atoms with van der Waals surface area (Å²) in [6.45, 7) is 0.220. The minimum atomic E-state index is -0.416. The molecule has 0 aliphatic carbocycles. The number of hydrogen-bond acceptors (Lipinski definition) is 2. The second kappa shape index (κ2) is 10.3. The van der Waals surface area contributed by atoms with Crippen LogP contribution in [-0.2, 0) is 9.59 Å². The summed E-state index contributed by atoms with van der Waals surface area (Å²) in [5.74, 6) is -0.863. The van der Waals surface area contributed by atoms with Gasteiger partial charge in [-0.15, -0.1) is 0 Å². The van der Waals surface area contributed by atoms with Gasteiger partial charge in [-0.25, -0.2) is 4.39 Å². The Morgan fingerprint density at radius 3 is 1.97 bits per heavy atom. The number of hydrogen-bond donors (Lipinski definition) is 3. The molecule has 30 heavy (non-hydrogen) atoms. The molecule has 2 amide bonds. The molecular weight excluding hydrogens is 381 g/mol. The number of likely N-dealkylation sites (N-methyl/N-ethyl adjacent to an activating group) is 1. The Morgan fingerprint density at radius 2 is 1.40 bits per heavy atom. The van der Waals surface area contributed by atoms with Crippen LogP contribution in [0.3, 0.4) is 0 Å². The van der Waals surface area contributed by atoms with Crippen molar-refractivity contribution in [2.75, 3.05) is 25.5 Å². The molecule has 6 heteroatoms. The fourth-order valence-electron chi connectivity index (χ4n) is 3.24. The van der Waals surface area contributed by atoms with Crippen molar-refractivity contribution in [3.05, 3.63) is 102 Å². The standard InChI is InChI=1S/C24H24FN3O2/c1-28(16-22(29)26-21-14-8-13-20(25)15-21)17-23(30)27-24(18-9-4-2-5-10-18)19-11-6-3-7-12-19/h2-15,24H,16-17H2,1H3,(H,26,29)(H,27,30)/p+1. The highest BCUT2D eigenvalue weighted by molar-refractivity contribution is 5.91. The summed E-state index contributed by atoms with van der Waals surface area (Å²) in [6, 6.07) is 24.9. The van der Waals surface area contributed by atoms with Gasteiger partial charge in [0.25, 0.3) is 11.8 Å². The molecule has 0 heterocycles. The van der Waals surface area contributed by atoms with Crippen molar-refractivity contribution < 1.29 is 18.9 Å². The number of carbonyl (C=O) groups excluding carboxylic acids is 2. The van der Waals surface area contributed by atoms with Gasteiger partial charge in [-0.2, -0.15) is 0 Å². The van der Waals surface area contributed by atoms with Gasteiger partial charge in [0.2, 0.25) is 0 Å². The van der Waals surface area contributed by atoms with E-state index >= 15 is 0 Å². The second-order valence-corrected chi connectivity index (χ2v) is 7.19. The van der Waals surface area contributed by atoms with E-state index in [4.69, 9.17) is 0 Å². The van der Waals surface area contributed by atoms with Crippen molar-refractivity contribution in [2.45, 2.75) is 6.04 Å². The molecule has 1 atom stereocenters. The highest BCUT2D eigenvalue weighted by Gasteiger charge is 2.20. The number of rotatable bonds is 8. The number of halogens is 1. The molecule has 0 saturated carbocycles. The number of carbonyl (C=O) groups is 2. The van der Waals surface area contributed by atoms with Crippen LogP contribution in [-0.4, -0.2) is 32.0 Å². The maximum atomic E-state index is 13.2. The Kier molecular flexibility index (Phi) is 7.29. The van der Waals surface area contributed by atoms with Gasteiger partial charge < -0.3 is 15.5 Å². The summed E-state index contributed by atoms with van der Waals surface area (Å²) in [4.78, 5) is 25.6. The van der Waals surface area contributed by atoms with Crippen LogP contribution in [0.4, 0.5) is 10.1 Å². The topological polar surface area (TPSA) is 62.6 Å². The van der Waals surface area contributed by atoms with Gasteiger partial charge in [0, 0.05) is 5.69 Å². The Hall–Kier alpha value is -3.51. The van der Waals surface area contributed by atoms with Crippen molar-refractivity contribution in [3.63, 3.8) is 0 Å². The monoisotopic (exact) mass is 406 g/mol. The molecule has 0 radical (unpaired) electrons. The molecule has 0 saturated heterocycles. The predicted octanol–water partition coefficient (Wildman–Crippen LogP) is 2.18. The molecule has 0 aliphatic heterocycles. The molecule has 0 spiro atoms. The second-order valence-electron chi connectivity index (χ2n) is 7.19. The lowest BCUT2D eigenvalue weighted by molar-refractivity contribution is -0.862. The largest absolute Gasteiger partial charge is 0.340 e. The van der Waals surface area contributed by atoms with Crippen molar-refractivity contribution in [1.29, 1.82) is 0 Å². The summed E-state index contributed by atoms with van der Waals surface area (Å²) < 4.78 is 13.2. The van der Waals surface area contributed by atoms with Crippen LogP contribution in [0.2, 0.25) is 0 Å². The normalized spacial score (nSPS) is 11.7. The third-order valence-corrected chi connectivity index (χ3v) is 4.60. The van der Waals surface area contributed by atoms with E-state index in [2.05, 4.69) is 10.6 Å². The van der Waals surface area contributed by atoms with E-state index in [1.807, 2.05) is 60.7 Å².